The standard InChI is InChI=1S/C25H21BrN4OS/c1-31-20-13-11-19(12-14-20)30-24(23(28-25(30)32)21-5-2-3-15-27-21)22-6-4-16-29(22)18-9-7-17(26)8-10-18/h2-16,23-24H,1H3,(H,28,32)/t23-,24-/m1/s1. The number of methoxy groups -OCH3 is 1. The van der Waals surface area contributed by atoms with Gasteiger partial charge in [0.15, 0.2) is 5.11 Å². The number of hydrogen-bond donors (Lipinski definition) is 1. The lowest BCUT2D eigenvalue weighted by Gasteiger charge is -2.29. The molecule has 2 atom stereocenters. The fourth-order valence-electron chi connectivity index (χ4n) is 4.15. The highest BCUT2D eigenvalue weighted by Crippen LogP contribution is 2.42. The van der Waals surface area contributed by atoms with E-state index in [1.807, 2.05) is 60.8 Å². The van der Waals surface area contributed by atoms with Gasteiger partial charge in [0.25, 0.3) is 0 Å². The van der Waals surface area contributed by atoms with Gasteiger partial charge in [-0.05, 0) is 85.0 Å². The van der Waals surface area contributed by atoms with Gasteiger partial charge in [0.05, 0.1) is 18.8 Å². The summed E-state index contributed by atoms with van der Waals surface area (Å²) >= 11 is 9.36. The lowest BCUT2D eigenvalue weighted by Crippen LogP contribution is -2.30. The molecule has 2 aromatic heterocycles. The molecule has 1 saturated heterocycles. The van der Waals surface area contributed by atoms with Gasteiger partial charge in [-0.2, -0.15) is 0 Å². The van der Waals surface area contributed by atoms with Crippen LogP contribution in [0.4, 0.5) is 5.69 Å². The Kier molecular flexibility index (Phi) is 5.68. The Balaban J connectivity index is 1.64. The van der Waals surface area contributed by atoms with Crippen LogP contribution in [0.15, 0.2) is 95.7 Å². The fourth-order valence-corrected chi connectivity index (χ4v) is 4.76. The number of nitrogens with one attached hydrogen (secondary N) is 1. The zero-order valence-electron chi connectivity index (χ0n) is 17.4. The van der Waals surface area contributed by atoms with E-state index < -0.39 is 0 Å². The molecule has 5 nitrogen and oxygen atoms in total. The van der Waals surface area contributed by atoms with Crippen LogP contribution in [0.25, 0.3) is 5.69 Å². The number of benzene rings is 2. The Labute approximate surface area is 200 Å². The number of ether oxygens (including phenoxy) is 1. The molecule has 3 heterocycles. The number of thiocarbonyl (C=S) groups is 1. The second-order valence-electron chi connectivity index (χ2n) is 7.47. The molecule has 1 aliphatic rings. The predicted molar refractivity (Wildman–Crippen MR) is 134 cm³/mol. The Hall–Kier alpha value is -3.16. The van der Waals surface area contributed by atoms with Crippen LogP contribution in [0.3, 0.4) is 0 Å². The van der Waals surface area contributed by atoms with Gasteiger partial charge >= 0.3 is 0 Å². The Bertz CT molecular complexity index is 1230. The molecule has 4 aromatic rings. The molecule has 0 spiro atoms. The summed E-state index contributed by atoms with van der Waals surface area (Å²) in [6.45, 7) is 0. The van der Waals surface area contributed by atoms with Crippen molar-refractivity contribution < 1.29 is 4.74 Å². The average Bonchev–Trinajstić information content (AvgIpc) is 3.44. The number of hydrogen-bond acceptors (Lipinski definition) is 3. The molecule has 0 radical (unpaired) electrons. The van der Waals surface area contributed by atoms with E-state index in [9.17, 15) is 0 Å². The lowest BCUT2D eigenvalue weighted by molar-refractivity contribution is 0.415. The summed E-state index contributed by atoms with van der Waals surface area (Å²) in [6.07, 6.45) is 3.91. The average molecular weight is 505 g/mol. The minimum absolute atomic E-state index is 0.0931. The molecule has 0 unspecified atom stereocenters. The smallest absolute Gasteiger partial charge is 0.174 e. The molecule has 1 fully saturated rings. The van der Waals surface area contributed by atoms with Gasteiger partial charge in [0.2, 0.25) is 0 Å². The first-order valence-electron chi connectivity index (χ1n) is 10.2. The zero-order chi connectivity index (χ0) is 22.1. The van der Waals surface area contributed by atoms with Crippen molar-refractivity contribution in [1.82, 2.24) is 14.9 Å². The molecule has 0 aliphatic carbocycles. The fraction of sp³-hybridized carbons (Fsp3) is 0.120. The quantitative estimate of drug-likeness (QED) is 0.346. The number of nitrogens with zero attached hydrogens (tertiary/aromatic N) is 3. The van der Waals surface area contributed by atoms with Crippen LogP contribution >= 0.6 is 28.1 Å². The van der Waals surface area contributed by atoms with Crippen LogP contribution in [0.2, 0.25) is 0 Å². The van der Waals surface area contributed by atoms with Gasteiger partial charge in [-0.1, -0.05) is 22.0 Å². The summed E-state index contributed by atoms with van der Waals surface area (Å²) < 4.78 is 8.60. The summed E-state index contributed by atoms with van der Waals surface area (Å²) in [4.78, 5) is 6.81. The molecule has 32 heavy (non-hydrogen) atoms. The summed E-state index contributed by atoms with van der Waals surface area (Å²) in [5.41, 5.74) is 4.14. The molecule has 2 aromatic carbocycles. The van der Waals surface area contributed by atoms with Gasteiger partial charge in [-0.3, -0.25) is 4.98 Å². The van der Waals surface area contributed by atoms with Crippen LogP contribution in [0.5, 0.6) is 5.75 Å². The van der Waals surface area contributed by atoms with Crippen LogP contribution in [0, 0.1) is 0 Å². The van der Waals surface area contributed by atoms with Crippen molar-refractivity contribution in [2.45, 2.75) is 12.1 Å². The van der Waals surface area contributed by atoms with Crippen molar-refractivity contribution >= 4 is 38.9 Å². The number of rotatable bonds is 5. The summed E-state index contributed by atoms with van der Waals surface area (Å²) in [5, 5.41) is 4.18. The third kappa shape index (κ3) is 3.78. The topological polar surface area (TPSA) is 42.3 Å². The van der Waals surface area contributed by atoms with Crippen molar-refractivity contribution in [2.75, 3.05) is 12.0 Å². The van der Waals surface area contributed by atoms with E-state index in [0.29, 0.717) is 5.11 Å². The number of pyridine rings is 1. The minimum atomic E-state index is -0.102. The van der Waals surface area contributed by atoms with Crippen molar-refractivity contribution in [3.05, 3.63) is 107 Å². The molecular weight excluding hydrogens is 484 g/mol. The zero-order valence-corrected chi connectivity index (χ0v) is 19.8. The SMILES string of the molecule is COc1ccc(N2C(=S)N[C@H](c3ccccn3)[C@H]2c2cccn2-c2ccc(Br)cc2)cc1. The Morgan fingerprint density at radius 3 is 2.38 bits per heavy atom. The summed E-state index contributed by atoms with van der Waals surface area (Å²) in [5.74, 6) is 0.808. The maximum absolute atomic E-state index is 5.83. The number of halogens is 1. The molecular formula is C25H21BrN4OS. The molecule has 7 heteroatoms. The third-order valence-corrected chi connectivity index (χ3v) is 6.48. The van der Waals surface area contributed by atoms with Crippen LogP contribution in [0.1, 0.15) is 23.5 Å². The Morgan fingerprint density at radius 1 is 0.938 bits per heavy atom. The minimum Gasteiger partial charge on any atom is -0.497 e. The number of anilines is 1. The molecule has 160 valence electrons. The van der Waals surface area contributed by atoms with Gasteiger partial charge in [0, 0.05) is 33.9 Å². The third-order valence-electron chi connectivity index (χ3n) is 5.64. The van der Waals surface area contributed by atoms with E-state index in [2.05, 4.69) is 66.2 Å². The predicted octanol–water partition coefficient (Wildman–Crippen LogP) is 5.82. The van der Waals surface area contributed by atoms with Gasteiger partial charge in [-0.25, -0.2) is 0 Å². The largest absolute Gasteiger partial charge is 0.497 e. The van der Waals surface area contributed by atoms with Gasteiger partial charge < -0.3 is 19.5 Å². The first-order chi connectivity index (χ1) is 15.7. The second kappa shape index (κ2) is 8.76. The maximum Gasteiger partial charge on any atom is 0.174 e. The Morgan fingerprint density at radius 2 is 1.69 bits per heavy atom. The maximum atomic E-state index is 5.83. The molecule has 1 aliphatic heterocycles. The molecule has 0 amide bonds. The lowest BCUT2D eigenvalue weighted by atomic mass is 10.0. The van der Waals surface area contributed by atoms with Gasteiger partial charge in [-0.15, -0.1) is 0 Å². The highest BCUT2D eigenvalue weighted by atomic mass is 79.9. The van der Waals surface area contributed by atoms with Crippen molar-refractivity contribution in [1.29, 1.82) is 0 Å². The molecule has 5 rings (SSSR count). The first kappa shape index (κ1) is 20.7. The van der Waals surface area contributed by atoms with Crippen LogP contribution < -0.4 is 15.0 Å². The first-order valence-corrected chi connectivity index (χ1v) is 11.4. The summed E-state index contributed by atoms with van der Waals surface area (Å²) in [6, 6.07) is 26.3. The number of aromatic nitrogens is 2. The normalized spacial score (nSPS) is 17.9. The van der Waals surface area contributed by atoms with E-state index in [1.165, 1.54) is 0 Å². The molecule has 1 N–H and O–H groups in total. The van der Waals surface area contributed by atoms with Crippen molar-refractivity contribution in [2.24, 2.45) is 0 Å². The monoisotopic (exact) mass is 504 g/mol. The summed E-state index contributed by atoms with van der Waals surface area (Å²) in [7, 11) is 1.67. The highest BCUT2D eigenvalue weighted by molar-refractivity contribution is 9.10. The van der Waals surface area contributed by atoms with Gasteiger partial charge in [0.1, 0.15) is 11.8 Å². The highest BCUT2D eigenvalue weighted by Gasteiger charge is 2.42. The van der Waals surface area contributed by atoms with E-state index in [-0.39, 0.29) is 12.1 Å². The second-order valence-corrected chi connectivity index (χ2v) is 8.78. The van der Waals surface area contributed by atoms with Crippen LogP contribution in [-0.2, 0) is 0 Å². The van der Waals surface area contributed by atoms with Crippen molar-refractivity contribution in [3.8, 4) is 11.4 Å². The van der Waals surface area contributed by atoms with E-state index in [1.54, 1.807) is 7.11 Å². The van der Waals surface area contributed by atoms with E-state index in [0.717, 1.165) is 33.0 Å². The molecule has 0 saturated carbocycles. The van der Waals surface area contributed by atoms with E-state index in [4.69, 9.17) is 17.0 Å². The molecule has 0 bridgehead atoms. The van der Waals surface area contributed by atoms with Crippen LogP contribution in [-0.4, -0.2) is 21.8 Å². The van der Waals surface area contributed by atoms with E-state index >= 15 is 0 Å². The van der Waals surface area contributed by atoms with Crippen molar-refractivity contribution in [3.63, 3.8) is 0 Å².